The Bertz CT molecular complexity index is 1390. The van der Waals surface area contributed by atoms with Gasteiger partial charge in [0.25, 0.3) is 5.91 Å². The fourth-order valence-electron chi connectivity index (χ4n) is 3.39. The molecule has 0 atom stereocenters. The van der Waals surface area contributed by atoms with Gasteiger partial charge in [-0.05, 0) is 48.9 Å². The lowest BCUT2D eigenvalue weighted by molar-refractivity contribution is 0.0600. The lowest BCUT2D eigenvalue weighted by Gasteiger charge is -2.12. The summed E-state index contributed by atoms with van der Waals surface area (Å²) in [7, 11) is 1.27. The van der Waals surface area contributed by atoms with Crippen molar-refractivity contribution in [1.29, 1.82) is 0 Å². The predicted molar refractivity (Wildman–Crippen MR) is 130 cm³/mol. The van der Waals surface area contributed by atoms with Gasteiger partial charge in [0, 0.05) is 23.4 Å². The molecule has 1 N–H and O–H groups in total. The van der Waals surface area contributed by atoms with Gasteiger partial charge in [0.2, 0.25) is 0 Å². The molecule has 37 heavy (non-hydrogen) atoms. The number of carbonyl (C=O) groups is 2. The van der Waals surface area contributed by atoms with E-state index in [1.54, 1.807) is 49.4 Å². The van der Waals surface area contributed by atoms with Crippen molar-refractivity contribution in [1.82, 2.24) is 10.1 Å². The molecule has 190 valence electrons. The maximum Gasteiger partial charge on any atom is 0.339 e. The van der Waals surface area contributed by atoms with Gasteiger partial charge in [-0.15, -0.1) is 0 Å². The van der Waals surface area contributed by atoms with Gasteiger partial charge < -0.3 is 24.1 Å². The summed E-state index contributed by atoms with van der Waals surface area (Å²) in [6.45, 7) is 2.15. The van der Waals surface area contributed by atoms with Gasteiger partial charge in [-0.2, -0.15) is 0 Å². The van der Waals surface area contributed by atoms with Crippen LogP contribution in [0.1, 0.15) is 43.3 Å². The van der Waals surface area contributed by atoms with E-state index in [9.17, 15) is 14.0 Å². The molecule has 1 amide bonds. The highest BCUT2D eigenvalue weighted by atomic mass is 19.1. The zero-order chi connectivity index (χ0) is 26.2. The Hall–Kier alpha value is -4.57. The summed E-state index contributed by atoms with van der Waals surface area (Å²) in [6, 6.07) is 16.0. The first-order valence-electron chi connectivity index (χ1n) is 11.3. The molecule has 2 heterocycles. The fourth-order valence-corrected chi connectivity index (χ4v) is 3.39. The molecule has 0 unspecified atom stereocenters. The third-order valence-corrected chi connectivity index (χ3v) is 5.20. The van der Waals surface area contributed by atoms with E-state index in [1.807, 2.05) is 0 Å². The molecular formula is C27H24FN3O6. The first-order chi connectivity index (χ1) is 17.9. The van der Waals surface area contributed by atoms with Crippen molar-refractivity contribution in [2.45, 2.75) is 26.7 Å². The van der Waals surface area contributed by atoms with Crippen molar-refractivity contribution in [2.75, 3.05) is 12.4 Å². The number of ether oxygens (including phenoxy) is 3. The van der Waals surface area contributed by atoms with E-state index in [4.69, 9.17) is 14.0 Å². The second-order valence-electron chi connectivity index (χ2n) is 8.05. The summed E-state index contributed by atoms with van der Waals surface area (Å²) < 4.78 is 35.3. The lowest BCUT2D eigenvalue weighted by Crippen LogP contribution is -2.14. The van der Waals surface area contributed by atoms with E-state index < -0.39 is 11.9 Å². The molecule has 0 fully saturated rings. The van der Waals surface area contributed by atoms with Crippen LogP contribution in [0.5, 0.6) is 5.75 Å². The van der Waals surface area contributed by atoms with Crippen LogP contribution >= 0.6 is 0 Å². The van der Waals surface area contributed by atoms with Gasteiger partial charge in [-0.25, -0.2) is 14.2 Å². The van der Waals surface area contributed by atoms with Gasteiger partial charge in [0.05, 0.1) is 25.9 Å². The van der Waals surface area contributed by atoms with Gasteiger partial charge in [-0.1, -0.05) is 23.4 Å². The van der Waals surface area contributed by atoms with Crippen molar-refractivity contribution in [3.63, 3.8) is 0 Å². The minimum Gasteiger partial charge on any atom is -0.489 e. The number of anilines is 1. The van der Waals surface area contributed by atoms with Gasteiger partial charge in [0.15, 0.2) is 0 Å². The molecule has 0 radical (unpaired) electrons. The van der Waals surface area contributed by atoms with Crippen molar-refractivity contribution in [3.8, 4) is 5.75 Å². The van der Waals surface area contributed by atoms with Crippen LogP contribution in [-0.2, 0) is 29.3 Å². The molecule has 0 aliphatic carbocycles. The van der Waals surface area contributed by atoms with E-state index in [1.165, 1.54) is 31.5 Å². The van der Waals surface area contributed by atoms with Crippen LogP contribution in [0.2, 0.25) is 0 Å². The normalized spacial score (nSPS) is 10.7. The van der Waals surface area contributed by atoms with E-state index in [0.29, 0.717) is 28.3 Å². The fraction of sp³-hybridized carbons (Fsp3) is 0.185. The molecule has 0 saturated carbocycles. The molecule has 4 aromatic rings. The van der Waals surface area contributed by atoms with Crippen molar-refractivity contribution < 1.29 is 32.7 Å². The molecule has 0 bridgehead atoms. The highest BCUT2D eigenvalue weighted by molar-refractivity contribution is 6.04. The minimum absolute atomic E-state index is 0.0210. The number of aromatic nitrogens is 2. The number of hydrogen-bond acceptors (Lipinski definition) is 8. The molecule has 2 aromatic carbocycles. The molecule has 0 saturated heterocycles. The van der Waals surface area contributed by atoms with E-state index in [-0.39, 0.29) is 42.6 Å². The quantitative estimate of drug-likeness (QED) is 0.304. The molecule has 10 heteroatoms. The first kappa shape index (κ1) is 25.5. The molecule has 2 aromatic heterocycles. The number of carbonyl (C=O) groups excluding carboxylic acids is 2. The summed E-state index contributed by atoms with van der Waals surface area (Å²) in [5.74, 6) is -0.0903. The molecule has 0 aliphatic rings. The van der Waals surface area contributed by atoms with Crippen LogP contribution < -0.4 is 10.1 Å². The number of rotatable bonds is 10. The summed E-state index contributed by atoms with van der Waals surface area (Å²) in [5, 5.41) is 6.57. The van der Waals surface area contributed by atoms with Gasteiger partial charge in [0.1, 0.15) is 35.4 Å². The standard InChI is InChI=1S/C27H24FN3O6/c1-17-9-22(31-37-17)16-35-14-18-10-21(12-23(11-18)36-15-20-5-3-4-6-24(20)28)26(32)30-25-8-7-19(13-29-25)27(33)34-2/h3-13H,14-16H2,1-2H3,(H,29,30,32). The minimum atomic E-state index is -0.532. The number of aryl methyl sites for hydroxylation is 1. The van der Waals surface area contributed by atoms with Crippen molar-refractivity contribution in [3.05, 3.63) is 106 Å². The smallest absolute Gasteiger partial charge is 0.339 e. The Labute approximate surface area is 212 Å². The van der Waals surface area contributed by atoms with Crippen LogP contribution in [0, 0.1) is 12.7 Å². The Morgan fingerprint density at radius 3 is 2.54 bits per heavy atom. The summed E-state index contributed by atoms with van der Waals surface area (Å²) in [5.41, 5.74) is 2.22. The lowest BCUT2D eigenvalue weighted by atomic mass is 10.1. The summed E-state index contributed by atoms with van der Waals surface area (Å²) in [4.78, 5) is 28.7. The number of nitrogens with zero attached hydrogens (tertiary/aromatic N) is 2. The largest absolute Gasteiger partial charge is 0.489 e. The zero-order valence-electron chi connectivity index (χ0n) is 20.2. The predicted octanol–water partition coefficient (Wildman–Crippen LogP) is 4.85. The maximum atomic E-state index is 14.0. The Morgan fingerprint density at radius 2 is 1.84 bits per heavy atom. The number of benzene rings is 2. The molecule has 0 spiro atoms. The Balaban J connectivity index is 1.50. The van der Waals surface area contributed by atoms with Crippen molar-refractivity contribution in [2.24, 2.45) is 0 Å². The first-order valence-corrected chi connectivity index (χ1v) is 11.3. The maximum absolute atomic E-state index is 14.0. The van der Waals surface area contributed by atoms with Gasteiger partial charge in [-0.3, -0.25) is 4.79 Å². The van der Waals surface area contributed by atoms with Gasteiger partial charge >= 0.3 is 5.97 Å². The molecule has 4 rings (SSSR count). The zero-order valence-corrected chi connectivity index (χ0v) is 20.2. The number of nitrogens with one attached hydrogen (secondary N) is 1. The third kappa shape index (κ3) is 6.98. The van der Waals surface area contributed by atoms with Crippen LogP contribution in [-0.4, -0.2) is 29.1 Å². The van der Waals surface area contributed by atoms with E-state index >= 15 is 0 Å². The van der Waals surface area contributed by atoms with Crippen molar-refractivity contribution >= 4 is 17.7 Å². The Morgan fingerprint density at radius 1 is 1.00 bits per heavy atom. The summed E-state index contributed by atoms with van der Waals surface area (Å²) in [6.07, 6.45) is 1.31. The van der Waals surface area contributed by atoms with Crippen LogP contribution in [0.25, 0.3) is 0 Å². The number of pyridine rings is 1. The Kier molecular flexibility index (Phi) is 8.22. The molecule has 0 aliphatic heterocycles. The number of amides is 1. The SMILES string of the molecule is COC(=O)c1ccc(NC(=O)c2cc(COCc3cc(C)on3)cc(OCc3ccccc3F)c2)nc1. The van der Waals surface area contributed by atoms with Crippen LogP contribution in [0.3, 0.4) is 0 Å². The van der Waals surface area contributed by atoms with Crippen LogP contribution in [0.4, 0.5) is 10.2 Å². The summed E-state index contributed by atoms with van der Waals surface area (Å²) >= 11 is 0. The van der Waals surface area contributed by atoms with Crippen LogP contribution in [0.15, 0.2) is 71.4 Å². The second kappa shape index (κ2) is 11.9. The topological polar surface area (TPSA) is 113 Å². The van der Waals surface area contributed by atoms with E-state index in [0.717, 1.165) is 0 Å². The molecular weight excluding hydrogens is 481 g/mol. The number of esters is 1. The highest BCUT2D eigenvalue weighted by Crippen LogP contribution is 2.22. The monoisotopic (exact) mass is 505 g/mol. The van der Waals surface area contributed by atoms with E-state index in [2.05, 4.69) is 20.2 Å². The number of hydrogen-bond donors (Lipinski definition) is 1. The highest BCUT2D eigenvalue weighted by Gasteiger charge is 2.13. The average Bonchev–Trinajstić information content (AvgIpc) is 3.32. The third-order valence-electron chi connectivity index (χ3n) is 5.20. The molecule has 9 nitrogen and oxygen atoms in total. The average molecular weight is 506 g/mol. The second-order valence-corrected chi connectivity index (χ2v) is 8.05. The number of methoxy groups -OCH3 is 1. The number of halogens is 1.